The van der Waals surface area contributed by atoms with Gasteiger partial charge in [0.1, 0.15) is 11.9 Å². The second-order valence-corrected chi connectivity index (χ2v) is 9.78. The van der Waals surface area contributed by atoms with Crippen LogP contribution in [0.1, 0.15) is 40.9 Å². The van der Waals surface area contributed by atoms with E-state index in [1.165, 1.54) is 48.5 Å². The molecule has 1 aliphatic heterocycles. The fourth-order valence-corrected chi connectivity index (χ4v) is 5.03. The highest BCUT2D eigenvalue weighted by molar-refractivity contribution is 5.96. The summed E-state index contributed by atoms with van der Waals surface area (Å²) in [6.45, 7) is 1.35. The summed E-state index contributed by atoms with van der Waals surface area (Å²) < 4.78 is 20.0. The smallest absolute Gasteiger partial charge is 0.338 e. The van der Waals surface area contributed by atoms with E-state index in [0.29, 0.717) is 0 Å². The van der Waals surface area contributed by atoms with Crippen LogP contribution in [-0.4, -0.2) is 59.0 Å². The van der Waals surface area contributed by atoms with Crippen LogP contribution in [0.15, 0.2) is 78.9 Å². The van der Waals surface area contributed by atoms with Crippen LogP contribution in [0.4, 0.5) is 14.9 Å². The molecule has 224 valence electrons. The molecule has 4 rings (SSSR count). The van der Waals surface area contributed by atoms with E-state index in [4.69, 9.17) is 4.74 Å². The lowest BCUT2D eigenvalue weighted by atomic mass is 9.91. The van der Waals surface area contributed by atoms with Crippen molar-refractivity contribution in [2.75, 3.05) is 18.5 Å². The van der Waals surface area contributed by atoms with Crippen LogP contribution >= 0.6 is 0 Å². The van der Waals surface area contributed by atoms with E-state index in [1.54, 1.807) is 19.1 Å². The van der Waals surface area contributed by atoms with Gasteiger partial charge in [-0.05, 0) is 43.2 Å². The number of carboxylic acids is 1. The third-order valence-corrected chi connectivity index (χ3v) is 6.97. The lowest BCUT2D eigenvalue weighted by molar-refractivity contribution is -0.149. The number of urea groups is 1. The molecule has 11 nitrogen and oxygen atoms in total. The van der Waals surface area contributed by atoms with Crippen LogP contribution in [0.25, 0.3) is 0 Å². The van der Waals surface area contributed by atoms with Crippen LogP contribution in [0.5, 0.6) is 0 Å². The summed E-state index contributed by atoms with van der Waals surface area (Å²) in [5, 5.41) is 17.6. The molecular formula is C31H31FN4O7. The number of ether oxygens (including phenoxy) is 1. The second-order valence-electron chi connectivity index (χ2n) is 9.78. The highest BCUT2D eigenvalue weighted by Crippen LogP contribution is 2.42. The van der Waals surface area contributed by atoms with Crippen LogP contribution in [-0.2, 0) is 25.7 Å². The first-order chi connectivity index (χ1) is 20.7. The molecule has 43 heavy (non-hydrogen) atoms. The molecule has 0 aromatic heterocycles. The number of esters is 1. The SMILES string of the molecule is CCOC(=O)c1cccc(NC(=O)NCC(=O)N2C(C(=O)O)CC(C(=O)NCc3ccccc3)C2c2ccccc2F)c1. The number of benzene rings is 3. The third-order valence-electron chi connectivity index (χ3n) is 6.97. The number of carbonyl (C=O) groups excluding carboxylic acids is 4. The maximum absolute atomic E-state index is 15.1. The van der Waals surface area contributed by atoms with Crippen LogP contribution in [0, 0.1) is 11.7 Å². The molecule has 1 aliphatic rings. The fraction of sp³-hybridized carbons (Fsp3) is 0.258. The fourth-order valence-electron chi connectivity index (χ4n) is 5.03. The first-order valence-corrected chi connectivity index (χ1v) is 13.6. The minimum Gasteiger partial charge on any atom is -0.480 e. The average Bonchev–Trinajstić information content (AvgIpc) is 3.41. The van der Waals surface area contributed by atoms with E-state index >= 15 is 4.39 Å². The maximum Gasteiger partial charge on any atom is 0.338 e. The van der Waals surface area contributed by atoms with E-state index in [2.05, 4.69) is 16.0 Å². The number of aliphatic carboxylic acids is 1. The molecule has 1 saturated heterocycles. The molecule has 0 saturated carbocycles. The molecule has 3 aromatic rings. The average molecular weight is 591 g/mol. The van der Waals surface area contributed by atoms with E-state index < -0.39 is 60.1 Å². The lowest BCUT2D eigenvalue weighted by Gasteiger charge is -2.30. The van der Waals surface area contributed by atoms with Gasteiger partial charge in [-0.15, -0.1) is 0 Å². The standard InChI is InChI=1S/C31H31FN4O7/c1-2-43-30(41)20-11-8-12-21(15-20)35-31(42)34-18-26(37)36-25(29(39)40)16-23(27(36)22-13-6-7-14-24(22)32)28(38)33-17-19-9-4-3-5-10-19/h3-15,23,25,27H,2,16-18H2,1H3,(H,33,38)(H,39,40)(H2,34,35,42). The van der Waals surface area contributed by atoms with Gasteiger partial charge in [0.25, 0.3) is 0 Å². The Morgan fingerprint density at radius 1 is 0.953 bits per heavy atom. The van der Waals surface area contributed by atoms with Gasteiger partial charge in [0.05, 0.1) is 30.7 Å². The highest BCUT2D eigenvalue weighted by atomic mass is 19.1. The zero-order valence-electron chi connectivity index (χ0n) is 23.3. The number of hydrogen-bond acceptors (Lipinski definition) is 6. The summed E-state index contributed by atoms with van der Waals surface area (Å²) in [6, 6.07) is 17.1. The minimum absolute atomic E-state index is 0.0142. The molecule has 0 bridgehead atoms. The van der Waals surface area contributed by atoms with Crippen molar-refractivity contribution in [3.05, 3.63) is 101 Å². The predicted molar refractivity (Wildman–Crippen MR) is 153 cm³/mol. The van der Waals surface area contributed by atoms with Gasteiger partial charge in [0.15, 0.2) is 0 Å². The van der Waals surface area contributed by atoms with E-state index in [1.807, 2.05) is 18.2 Å². The quantitative estimate of drug-likeness (QED) is 0.264. The van der Waals surface area contributed by atoms with Crippen molar-refractivity contribution in [2.24, 2.45) is 5.92 Å². The number of nitrogens with one attached hydrogen (secondary N) is 3. The number of anilines is 1. The number of likely N-dealkylation sites (tertiary alicyclic amines) is 1. The van der Waals surface area contributed by atoms with Crippen molar-refractivity contribution in [1.29, 1.82) is 0 Å². The Morgan fingerprint density at radius 3 is 2.37 bits per heavy atom. The normalized spacial score (nSPS) is 17.5. The molecule has 4 N–H and O–H groups in total. The lowest BCUT2D eigenvalue weighted by Crippen LogP contribution is -2.47. The molecule has 0 spiro atoms. The third kappa shape index (κ3) is 7.53. The minimum atomic E-state index is -1.45. The van der Waals surface area contributed by atoms with Gasteiger partial charge in [-0.25, -0.2) is 18.8 Å². The Bertz CT molecular complexity index is 1500. The summed E-state index contributed by atoms with van der Waals surface area (Å²) >= 11 is 0. The topological polar surface area (TPSA) is 154 Å². The van der Waals surface area contributed by atoms with Gasteiger partial charge in [0.2, 0.25) is 11.8 Å². The highest BCUT2D eigenvalue weighted by Gasteiger charge is 2.51. The number of carboxylic acid groups (broad SMARTS) is 1. The van der Waals surface area contributed by atoms with Crippen molar-refractivity contribution >= 4 is 35.5 Å². The zero-order chi connectivity index (χ0) is 30.9. The van der Waals surface area contributed by atoms with Crippen LogP contribution in [0.2, 0.25) is 0 Å². The molecule has 0 aliphatic carbocycles. The van der Waals surface area contributed by atoms with Crippen LogP contribution < -0.4 is 16.0 Å². The number of hydrogen-bond donors (Lipinski definition) is 4. The monoisotopic (exact) mass is 590 g/mol. The molecule has 1 fully saturated rings. The van der Waals surface area contributed by atoms with Crippen molar-refractivity contribution in [2.45, 2.75) is 32.0 Å². The van der Waals surface area contributed by atoms with Gasteiger partial charge in [-0.3, -0.25) is 9.59 Å². The van der Waals surface area contributed by atoms with E-state index in [-0.39, 0.29) is 36.4 Å². The molecule has 3 aromatic carbocycles. The van der Waals surface area contributed by atoms with Gasteiger partial charge in [0, 0.05) is 17.8 Å². The number of rotatable bonds is 10. The number of nitrogens with zero attached hydrogens (tertiary/aromatic N) is 1. The molecule has 4 amide bonds. The van der Waals surface area contributed by atoms with Gasteiger partial charge < -0.3 is 30.7 Å². The number of amides is 4. The largest absolute Gasteiger partial charge is 0.480 e. The Balaban J connectivity index is 1.52. The molecule has 3 atom stereocenters. The molecular weight excluding hydrogens is 559 g/mol. The predicted octanol–water partition coefficient (Wildman–Crippen LogP) is 3.48. The van der Waals surface area contributed by atoms with Crippen molar-refractivity contribution in [3.8, 4) is 0 Å². The van der Waals surface area contributed by atoms with Gasteiger partial charge >= 0.3 is 18.0 Å². The Morgan fingerprint density at radius 2 is 1.67 bits per heavy atom. The van der Waals surface area contributed by atoms with Gasteiger partial charge in [-0.2, -0.15) is 0 Å². The Kier molecular flexibility index (Phi) is 10.0. The van der Waals surface area contributed by atoms with E-state index in [0.717, 1.165) is 10.5 Å². The number of carbonyl (C=O) groups is 5. The van der Waals surface area contributed by atoms with E-state index in [9.17, 15) is 29.1 Å². The molecule has 1 heterocycles. The maximum atomic E-state index is 15.1. The van der Waals surface area contributed by atoms with Crippen molar-refractivity contribution in [3.63, 3.8) is 0 Å². The summed E-state index contributed by atoms with van der Waals surface area (Å²) in [4.78, 5) is 64.7. The molecule has 0 radical (unpaired) electrons. The van der Waals surface area contributed by atoms with Crippen molar-refractivity contribution < 1.29 is 38.2 Å². The Hall–Kier alpha value is -5.26. The Labute approximate surface area is 247 Å². The summed E-state index contributed by atoms with van der Waals surface area (Å²) in [5.41, 5.74) is 1.25. The summed E-state index contributed by atoms with van der Waals surface area (Å²) in [7, 11) is 0. The van der Waals surface area contributed by atoms with Crippen LogP contribution in [0.3, 0.4) is 0 Å². The summed E-state index contributed by atoms with van der Waals surface area (Å²) in [5.74, 6) is -5.08. The first kappa shape index (κ1) is 30.7. The first-order valence-electron chi connectivity index (χ1n) is 13.6. The van der Waals surface area contributed by atoms with Crippen molar-refractivity contribution in [1.82, 2.24) is 15.5 Å². The second kappa shape index (κ2) is 14.1. The summed E-state index contributed by atoms with van der Waals surface area (Å²) in [6.07, 6.45) is -0.256. The molecule has 12 heteroatoms. The zero-order valence-corrected chi connectivity index (χ0v) is 23.3. The molecule has 3 unspecified atom stereocenters. The number of halogens is 1. The van der Waals surface area contributed by atoms with Gasteiger partial charge in [-0.1, -0.05) is 54.6 Å².